The SMILES string of the molecule is NCCC(=O)NCCC(=O)NCCC(=O)NCCC(N)=O. The molecule has 0 aliphatic heterocycles. The van der Waals surface area contributed by atoms with E-state index >= 15 is 0 Å². The molecule has 0 aromatic rings. The summed E-state index contributed by atoms with van der Waals surface area (Å²) in [7, 11) is 0. The van der Waals surface area contributed by atoms with Gasteiger partial charge in [0.1, 0.15) is 0 Å². The van der Waals surface area contributed by atoms with Crippen LogP contribution in [0.3, 0.4) is 0 Å². The van der Waals surface area contributed by atoms with E-state index in [0.717, 1.165) is 0 Å². The minimum absolute atomic E-state index is 0.0839. The number of hydrogen-bond acceptors (Lipinski definition) is 5. The summed E-state index contributed by atoms with van der Waals surface area (Å²) in [6, 6.07) is 0. The summed E-state index contributed by atoms with van der Waals surface area (Å²) in [4.78, 5) is 44.2. The Morgan fingerprint density at radius 3 is 1.43 bits per heavy atom. The van der Waals surface area contributed by atoms with Crippen molar-refractivity contribution >= 4 is 23.6 Å². The molecule has 21 heavy (non-hydrogen) atoms. The minimum atomic E-state index is -0.486. The highest BCUT2D eigenvalue weighted by molar-refractivity contribution is 5.80. The Labute approximate surface area is 123 Å². The Balaban J connectivity index is 3.54. The van der Waals surface area contributed by atoms with Crippen LogP contribution < -0.4 is 27.4 Å². The largest absolute Gasteiger partial charge is 0.370 e. The van der Waals surface area contributed by atoms with E-state index in [4.69, 9.17) is 11.5 Å². The summed E-state index contributed by atoms with van der Waals surface area (Å²) in [5.74, 6) is -1.21. The van der Waals surface area contributed by atoms with Gasteiger partial charge in [0.2, 0.25) is 23.6 Å². The van der Waals surface area contributed by atoms with Crippen LogP contribution in [0.1, 0.15) is 25.7 Å². The molecule has 0 unspecified atom stereocenters. The van der Waals surface area contributed by atoms with E-state index in [9.17, 15) is 19.2 Å². The van der Waals surface area contributed by atoms with Gasteiger partial charge in [-0.15, -0.1) is 0 Å². The molecular weight excluding hydrogens is 278 g/mol. The molecule has 0 aliphatic carbocycles. The first-order chi connectivity index (χ1) is 9.95. The van der Waals surface area contributed by atoms with E-state index in [2.05, 4.69) is 16.0 Å². The number of hydrogen-bond donors (Lipinski definition) is 5. The Bertz CT molecular complexity index is 373. The lowest BCUT2D eigenvalue weighted by Crippen LogP contribution is -2.34. The van der Waals surface area contributed by atoms with Gasteiger partial charge in [-0.3, -0.25) is 19.2 Å². The molecule has 0 saturated heterocycles. The zero-order chi connectivity index (χ0) is 16.1. The number of carbonyl (C=O) groups excluding carboxylic acids is 4. The maximum atomic E-state index is 11.4. The van der Waals surface area contributed by atoms with E-state index in [1.165, 1.54) is 0 Å². The van der Waals surface area contributed by atoms with E-state index in [0.29, 0.717) is 0 Å². The maximum Gasteiger partial charge on any atom is 0.221 e. The zero-order valence-electron chi connectivity index (χ0n) is 11.9. The molecule has 0 saturated carbocycles. The predicted molar refractivity (Wildman–Crippen MR) is 75.7 cm³/mol. The van der Waals surface area contributed by atoms with Gasteiger partial charge in [-0.1, -0.05) is 0 Å². The molecule has 7 N–H and O–H groups in total. The first-order valence-electron chi connectivity index (χ1n) is 6.74. The molecule has 0 spiro atoms. The molecule has 0 aromatic heterocycles. The van der Waals surface area contributed by atoms with Crippen molar-refractivity contribution in [3.63, 3.8) is 0 Å². The van der Waals surface area contributed by atoms with Gasteiger partial charge in [0.25, 0.3) is 0 Å². The van der Waals surface area contributed by atoms with Gasteiger partial charge in [-0.05, 0) is 0 Å². The first-order valence-corrected chi connectivity index (χ1v) is 6.74. The Kier molecular flexibility index (Phi) is 10.5. The van der Waals surface area contributed by atoms with Crippen LogP contribution in [-0.2, 0) is 19.2 Å². The monoisotopic (exact) mass is 301 g/mol. The zero-order valence-corrected chi connectivity index (χ0v) is 11.9. The van der Waals surface area contributed by atoms with Gasteiger partial charge in [0, 0.05) is 51.9 Å². The normalized spacial score (nSPS) is 9.76. The number of nitrogens with two attached hydrogens (primary N) is 2. The van der Waals surface area contributed by atoms with Crippen molar-refractivity contribution in [2.75, 3.05) is 26.2 Å². The third kappa shape index (κ3) is 12.6. The van der Waals surface area contributed by atoms with Crippen molar-refractivity contribution in [3.8, 4) is 0 Å². The van der Waals surface area contributed by atoms with Crippen LogP contribution in [0.4, 0.5) is 0 Å². The Morgan fingerprint density at radius 1 is 0.667 bits per heavy atom. The summed E-state index contributed by atoms with van der Waals surface area (Å²) in [6.45, 7) is 0.881. The van der Waals surface area contributed by atoms with Crippen molar-refractivity contribution < 1.29 is 19.2 Å². The average Bonchev–Trinajstić information content (AvgIpc) is 2.38. The van der Waals surface area contributed by atoms with E-state index in [1.54, 1.807) is 0 Å². The summed E-state index contributed by atoms with van der Waals surface area (Å²) >= 11 is 0. The second-order valence-corrected chi connectivity index (χ2v) is 4.30. The van der Waals surface area contributed by atoms with Crippen LogP contribution >= 0.6 is 0 Å². The molecule has 0 heterocycles. The highest BCUT2D eigenvalue weighted by Crippen LogP contribution is 1.83. The fraction of sp³-hybridized carbons (Fsp3) is 0.667. The molecule has 4 amide bonds. The fourth-order valence-electron chi connectivity index (χ4n) is 1.35. The van der Waals surface area contributed by atoms with Crippen LogP contribution in [0.15, 0.2) is 0 Å². The van der Waals surface area contributed by atoms with Gasteiger partial charge in [0.05, 0.1) is 0 Å². The number of primary amides is 1. The molecular formula is C12H23N5O4. The Hall–Kier alpha value is -2.16. The van der Waals surface area contributed by atoms with Gasteiger partial charge in [0.15, 0.2) is 0 Å². The molecule has 0 radical (unpaired) electrons. The maximum absolute atomic E-state index is 11.4. The number of rotatable bonds is 11. The van der Waals surface area contributed by atoms with Crippen LogP contribution in [-0.4, -0.2) is 49.8 Å². The number of nitrogens with one attached hydrogen (secondary N) is 3. The highest BCUT2D eigenvalue weighted by Gasteiger charge is 2.05. The van der Waals surface area contributed by atoms with Crippen molar-refractivity contribution in [1.82, 2.24) is 16.0 Å². The summed E-state index contributed by atoms with van der Waals surface area (Å²) in [6.07, 6.45) is 0.567. The highest BCUT2D eigenvalue weighted by atomic mass is 16.2. The number of amides is 4. The molecule has 0 fully saturated rings. The second kappa shape index (κ2) is 11.6. The summed E-state index contributed by atoms with van der Waals surface area (Å²) < 4.78 is 0. The predicted octanol–water partition coefficient (Wildman–Crippen LogP) is -2.66. The molecule has 0 aliphatic rings. The van der Waals surface area contributed by atoms with Crippen LogP contribution in [0, 0.1) is 0 Å². The third-order valence-corrected chi connectivity index (χ3v) is 2.41. The first kappa shape index (κ1) is 18.8. The Morgan fingerprint density at radius 2 is 1.05 bits per heavy atom. The van der Waals surface area contributed by atoms with Crippen LogP contribution in [0.5, 0.6) is 0 Å². The second-order valence-electron chi connectivity index (χ2n) is 4.30. The van der Waals surface area contributed by atoms with Crippen LogP contribution in [0.25, 0.3) is 0 Å². The molecule has 0 aromatic carbocycles. The molecule has 120 valence electrons. The van der Waals surface area contributed by atoms with E-state index in [1.807, 2.05) is 0 Å². The molecule has 0 bridgehead atoms. The lowest BCUT2D eigenvalue weighted by molar-refractivity contribution is -0.122. The lowest BCUT2D eigenvalue weighted by atomic mass is 10.3. The standard InChI is InChI=1S/C12H23N5O4/c13-5-1-10(19)16-7-3-12(21)17-8-4-11(20)15-6-2-9(14)18/h1-8,13H2,(H2,14,18)(H,15,20)(H,16,19)(H,17,21). The minimum Gasteiger partial charge on any atom is -0.370 e. The van der Waals surface area contributed by atoms with E-state index < -0.39 is 5.91 Å². The smallest absolute Gasteiger partial charge is 0.221 e. The lowest BCUT2D eigenvalue weighted by Gasteiger charge is -2.07. The van der Waals surface area contributed by atoms with Gasteiger partial charge >= 0.3 is 0 Å². The summed E-state index contributed by atoms with van der Waals surface area (Å²) in [5, 5.41) is 7.60. The quantitative estimate of drug-likeness (QED) is 0.281. The topological polar surface area (TPSA) is 156 Å². The van der Waals surface area contributed by atoms with Crippen LogP contribution in [0.2, 0.25) is 0 Å². The summed E-state index contributed by atoms with van der Waals surface area (Å²) in [5.41, 5.74) is 10.1. The average molecular weight is 301 g/mol. The van der Waals surface area contributed by atoms with Crippen molar-refractivity contribution in [2.45, 2.75) is 25.7 Å². The van der Waals surface area contributed by atoms with Gasteiger partial charge < -0.3 is 27.4 Å². The van der Waals surface area contributed by atoms with Gasteiger partial charge in [-0.25, -0.2) is 0 Å². The van der Waals surface area contributed by atoms with E-state index in [-0.39, 0.29) is 69.6 Å². The number of carbonyl (C=O) groups is 4. The van der Waals surface area contributed by atoms with Gasteiger partial charge in [-0.2, -0.15) is 0 Å². The fourth-order valence-corrected chi connectivity index (χ4v) is 1.35. The molecule has 9 nitrogen and oxygen atoms in total. The van der Waals surface area contributed by atoms with Crippen molar-refractivity contribution in [3.05, 3.63) is 0 Å². The molecule has 0 rings (SSSR count). The third-order valence-electron chi connectivity index (χ3n) is 2.41. The molecule has 9 heteroatoms. The van der Waals surface area contributed by atoms with Crippen molar-refractivity contribution in [1.29, 1.82) is 0 Å². The molecule has 0 atom stereocenters. The van der Waals surface area contributed by atoms with Crippen molar-refractivity contribution in [2.24, 2.45) is 11.5 Å².